The highest BCUT2D eigenvalue weighted by Gasteiger charge is 2.24. The lowest BCUT2D eigenvalue weighted by atomic mass is 10.0. The van der Waals surface area contributed by atoms with Gasteiger partial charge in [0.25, 0.3) is 5.91 Å². The molecule has 1 unspecified atom stereocenters. The Kier molecular flexibility index (Phi) is 8.81. The van der Waals surface area contributed by atoms with Gasteiger partial charge in [-0.3, -0.25) is 9.69 Å². The molecule has 0 aliphatic carbocycles. The first-order chi connectivity index (χ1) is 19.1. The summed E-state index contributed by atoms with van der Waals surface area (Å²) >= 11 is 6.21. The average Bonchev–Trinajstić information content (AvgIpc) is 3.49. The first kappa shape index (κ1) is 26.8. The zero-order valence-corrected chi connectivity index (χ0v) is 22.7. The molecule has 1 saturated heterocycles. The van der Waals surface area contributed by atoms with Crippen LogP contribution < -0.4 is 14.8 Å². The second kappa shape index (κ2) is 12.8. The number of carbonyl (C=O) groups excluding carboxylic acids is 1. The molecule has 2 heterocycles. The molecule has 4 aromatic rings. The lowest BCUT2D eigenvalue weighted by molar-refractivity contribution is 0.0915. The van der Waals surface area contributed by atoms with Crippen LogP contribution in [0.3, 0.4) is 0 Å². The van der Waals surface area contributed by atoms with Crippen LogP contribution in [0.4, 0.5) is 0 Å². The lowest BCUT2D eigenvalue weighted by Crippen LogP contribution is -2.40. The van der Waals surface area contributed by atoms with Crippen molar-refractivity contribution in [2.24, 2.45) is 0 Å². The Hall–Kier alpha value is -3.81. The normalized spacial score (nSPS) is 14.5. The molecule has 1 atom stereocenters. The number of methoxy groups -OCH3 is 1. The van der Waals surface area contributed by atoms with E-state index in [1.165, 1.54) is 6.42 Å². The number of piperidine rings is 1. The van der Waals surface area contributed by atoms with Gasteiger partial charge < -0.3 is 19.3 Å². The molecule has 1 N–H and O–H groups in total. The van der Waals surface area contributed by atoms with Crippen LogP contribution in [0.1, 0.15) is 46.9 Å². The predicted octanol–water partition coefficient (Wildman–Crippen LogP) is 6.54. The van der Waals surface area contributed by atoms with Gasteiger partial charge in [-0.25, -0.2) is 0 Å². The number of hydrogen-bond donors (Lipinski definition) is 1. The Balaban J connectivity index is 1.21. The molecule has 1 amide bonds. The van der Waals surface area contributed by atoms with Crippen LogP contribution in [0, 0.1) is 0 Å². The van der Waals surface area contributed by atoms with Gasteiger partial charge in [-0.05, 0) is 74.0 Å². The minimum atomic E-state index is -0.264. The predicted molar refractivity (Wildman–Crippen MR) is 151 cm³/mol. The summed E-state index contributed by atoms with van der Waals surface area (Å²) in [5.74, 6) is 1.77. The topological polar surface area (TPSA) is 76.8 Å². The minimum absolute atomic E-state index is 0.0739. The standard InChI is InChI=1S/C31H32ClN3O4/c1-37-25-13-9-22(10-14-25)29(35-17-5-2-6-18-35)20-33-31(36)28-19-30(39-34-28)23-11-15-26(16-12-23)38-21-24-7-3-4-8-27(24)32/h3-4,7-16,19,29H,2,5-6,17-18,20-21H2,1H3,(H,33,36). The van der Waals surface area contributed by atoms with Crippen molar-refractivity contribution in [3.05, 3.63) is 101 Å². The van der Waals surface area contributed by atoms with E-state index < -0.39 is 0 Å². The van der Waals surface area contributed by atoms with Crippen LogP contribution in [0.25, 0.3) is 11.3 Å². The van der Waals surface area contributed by atoms with Crippen molar-refractivity contribution in [1.82, 2.24) is 15.4 Å². The summed E-state index contributed by atoms with van der Waals surface area (Å²) < 4.78 is 16.7. The van der Waals surface area contributed by atoms with Gasteiger partial charge in [-0.15, -0.1) is 0 Å². The number of nitrogens with zero attached hydrogens (tertiary/aromatic N) is 2. The number of rotatable bonds is 10. The van der Waals surface area contributed by atoms with Crippen molar-refractivity contribution >= 4 is 17.5 Å². The molecule has 1 aliphatic rings. The smallest absolute Gasteiger partial charge is 0.273 e. The van der Waals surface area contributed by atoms with Gasteiger partial charge in [0.05, 0.1) is 13.2 Å². The molecule has 8 heteroatoms. The maximum absolute atomic E-state index is 13.0. The second-order valence-corrected chi connectivity index (χ2v) is 9.98. The molecular formula is C31H32ClN3O4. The highest BCUT2D eigenvalue weighted by atomic mass is 35.5. The van der Waals surface area contributed by atoms with E-state index in [0.717, 1.165) is 48.4 Å². The van der Waals surface area contributed by atoms with E-state index in [1.807, 2.05) is 60.7 Å². The summed E-state index contributed by atoms with van der Waals surface area (Å²) in [5, 5.41) is 7.77. The van der Waals surface area contributed by atoms with Gasteiger partial charge in [0.1, 0.15) is 18.1 Å². The summed E-state index contributed by atoms with van der Waals surface area (Å²) in [4.78, 5) is 15.4. The summed E-state index contributed by atoms with van der Waals surface area (Å²) in [5.41, 5.74) is 3.12. The van der Waals surface area contributed by atoms with Crippen LogP contribution in [0.15, 0.2) is 83.4 Å². The first-order valence-electron chi connectivity index (χ1n) is 13.2. The number of hydrogen-bond acceptors (Lipinski definition) is 6. The fourth-order valence-corrected chi connectivity index (χ4v) is 4.99. The number of carbonyl (C=O) groups is 1. The van der Waals surface area contributed by atoms with E-state index in [1.54, 1.807) is 13.2 Å². The SMILES string of the molecule is COc1ccc(C(CNC(=O)c2cc(-c3ccc(OCc4ccccc4Cl)cc3)on2)N2CCCCC2)cc1. The van der Waals surface area contributed by atoms with Gasteiger partial charge >= 0.3 is 0 Å². The first-order valence-corrected chi connectivity index (χ1v) is 13.6. The number of nitrogens with one attached hydrogen (secondary N) is 1. The fraction of sp³-hybridized carbons (Fsp3) is 0.290. The van der Waals surface area contributed by atoms with E-state index in [-0.39, 0.29) is 17.6 Å². The third-order valence-corrected chi connectivity index (χ3v) is 7.39. The molecule has 0 radical (unpaired) electrons. The third kappa shape index (κ3) is 6.80. The second-order valence-electron chi connectivity index (χ2n) is 9.58. The summed E-state index contributed by atoms with van der Waals surface area (Å²) in [6, 6.07) is 24.9. The fourth-order valence-electron chi connectivity index (χ4n) is 4.80. The number of aromatic nitrogens is 1. The molecule has 0 bridgehead atoms. The molecule has 0 saturated carbocycles. The third-order valence-electron chi connectivity index (χ3n) is 7.02. The van der Waals surface area contributed by atoms with Crippen molar-refractivity contribution in [1.29, 1.82) is 0 Å². The molecule has 0 spiro atoms. The summed E-state index contributed by atoms with van der Waals surface area (Å²) in [6.07, 6.45) is 3.57. The van der Waals surface area contributed by atoms with E-state index in [9.17, 15) is 4.79 Å². The molecule has 1 aromatic heterocycles. The van der Waals surface area contributed by atoms with Crippen LogP contribution in [-0.2, 0) is 6.61 Å². The van der Waals surface area contributed by atoms with Crippen molar-refractivity contribution < 1.29 is 18.8 Å². The number of benzene rings is 3. The Labute approximate surface area is 233 Å². The van der Waals surface area contributed by atoms with Gasteiger partial charge in [0.15, 0.2) is 11.5 Å². The molecule has 1 aliphatic heterocycles. The zero-order chi connectivity index (χ0) is 27.0. The number of ether oxygens (including phenoxy) is 2. The van der Waals surface area contributed by atoms with Crippen LogP contribution >= 0.6 is 11.6 Å². The van der Waals surface area contributed by atoms with Crippen LogP contribution in [0.5, 0.6) is 11.5 Å². The maximum Gasteiger partial charge on any atom is 0.273 e. The van der Waals surface area contributed by atoms with Crippen molar-refractivity contribution in [2.75, 3.05) is 26.7 Å². The van der Waals surface area contributed by atoms with Gasteiger partial charge in [-0.2, -0.15) is 0 Å². The Morgan fingerprint density at radius 1 is 1.00 bits per heavy atom. The molecule has 5 rings (SSSR count). The average molecular weight is 546 g/mol. The van der Waals surface area contributed by atoms with Crippen molar-refractivity contribution in [2.45, 2.75) is 31.9 Å². The van der Waals surface area contributed by atoms with E-state index in [2.05, 4.69) is 27.5 Å². The maximum atomic E-state index is 13.0. The monoisotopic (exact) mass is 545 g/mol. The lowest BCUT2D eigenvalue weighted by Gasteiger charge is -2.35. The highest BCUT2D eigenvalue weighted by molar-refractivity contribution is 6.31. The Bertz CT molecular complexity index is 1370. The van der Waals surface area contributed by atoms with E-state index >= 15 is 0 Å². The minimum Gasteiger partial charge on any atom is -0.497 e. The molecule has 202 valence electrons. The van der Waals surface area contributed by atoms with E-state index in [0.29, 0.717) is 29.7 Å². The molecular weight excluding hydrogens is 514 g/mol. The highest BCUT2D eigenvalue weighted by Crippen LogP contribution is 2.27. The summed E-state index contributed by atoms with van der Waals surface area (Å²) in [7, 11) is 1.66. The van der Waals surface area contributed by atoms with Crippen LogP contribution in [0.2, 0.25) is 5.02 Å². The van der Waals surface area contributed by atoms with Gasteiger partial charge in [-0.1, -0.05) is 53.5 Å². The van der Waals surface area contributed by atoms with E-state index in [4.69, 9.17) is 25.6 Å². The quantitative estimate of drug-likeness (QED) is 0.244. The molecule has 1 fully saturated rings. The van der Waals surface area contributed by atoms with Gasteiger partial charge in [0.2, 0.25) is 0 Å². The molecule has 3 aromatic carbocycles. The Morgan fingerprint density at radius 2 is 1.72 bits per heavy atom. The number of amides is 1. The Morgan fingerprint density at radius 3 is 2.44 bits per heavy atom. The van der Waals surface area contributed by atoms with Crippen molar-refractivity contribution in [3.63, 3.8) is 0 Å². The van der Waals surface area contributed by atoms with Crippen LogP contribution in [-0.4, -0.2) is 42.7 Å². The zero-order valence-electron chi connectivity index (χ0n) is 21.9. The number of halogens is 1. The largest absolute Gasteiger partial charge is 0.497 e. The van der Waals surface area contributed by atoms with Gasteiger partial charge in [0, 0.05) is 28.8 Å². The molecule has 7 nitrogen and oxygen atoms in total. The summed E-state index contributed by atoms with van der Waals surface area (Å²) in [6.45, 7) is 2.88. The number of likely N-dealkylation sites (tertiary alicyclic amines) is 1. The molecule has 39 heavy (non-hydrogen) atoms. The van der Waals surface area contributed by atoms with Crippen molar-refractivity contribution in [3.8, 4) is 22.8 Å².